The molecule has 8 N–H and O–H groups in total. The highest BCUT2D eigenvalue weighted by Crippen LogP contribution is 2.49. The Hall–Kier alpha value is -4.04. The average molecular weight is 1210 g/mol. The molecule has 0 amide bonds. The van der Waals surface area contributed by atoms with Gasteiger partial charge < -0.3 is 107 Å². The Morgan fingerprint density at radius 3 is 1.80 bits per heavy atom. The molecule has 0 aromatic carbocycles. The fourth-order valence-corrected chi connectivity index (χ4v) is 12.9. The molecule has 5 heterocycles. The number of aliphatic hydroxyl groups is 8. The van der Waals surface area contributed by atoms with Crippen molar-refractivity contribution in [1.29, 1.82) is 0 Å². The SMILES string of the molecule is COC(C(=O)C(O)C(C)O)C1CC2C=C3C=C(OC4CC(OC5CC(O)C(OC)C(C)O5)C(OC(C)=O)C(C)O4)C(C)C(=O)C3=C(O)C2=C(O)C1OC1CC(OC2CC(OC3CC(C)(O)C(OC(=O)C(C)C)C(C)O3)C(O)C(C)O2)C(O)C(C)O1. The average Bonchev–Trinajstić information content (AvgIpc) is 2.39. The van der Waals surface area contributed by atoms with Gasteiger partial charge in [-0.1, -0.05) is 19.9 Å². The lowest BCUT2D eigenvalue weighted by Gasteiger charge is -2.47. The van der Waals surface area contributed by atoms with Crippen LogP contribution in [0.5, 0.6) is 0 Å². The number of carbonyl (C=O) groups is 4. The van der Waals surface area contributed by atoms with Crippen LogP contribution in [-0.4, -0.2) is 225 Å². The van der Waals surface area contributed by atoms with Crippen LogP contribution in [0.25, 0.3) is 0 Å². The lowest BCUT2D eigenvalue weighted by Crippen LogP contribution is -2.59. The maximum absolute atomic E-state index is 14.5. The number of allylic oxidation sites excluding steroid dienone is 6. The van der Waals surface area contributed by atoms with E-state index in [-0.39, 0.29) is 61.0 Å². The van der Waals surface area contributed by atoms with Crippen molar-refractivity contribution in [3.63, 3.8) is 0 Å². The molecule has 27 unspecified atom stereocenters. The molecule has 480 valence electrons. The van der Waals surface area contributed by atoms with Gasteiger partial charge in [0.05, 0.1) is 72.3 Å². The minimum Gasteiger partial charge on any atom is -0.509 e. The molecule has 0 aromatic heterocycles. The number of Topliss-reactive ketones (excluding diaryl/α,β-unsaturated/α-hetero) is 2. The zero-order chi connectivity index (χ0) is 62.4. The quantitative estimate of drug-likeness (QED) is 0.0859. The maximum Gasteiger partial charge on any atom is 0.308 e. The molecule has 3 aliphatic carbocycles. The molecule has 85 heavy (non-hydrogen) atoms. The van der Waals surface area contributed by atoms with Gasteiger partial charge in [0.15, 0.2) is 48.9 Å². The van der Waals surface area contributed by atoms with E-state index in [4.69, 9.17) is 66.3 Å². The van der Waals surface area contributed by atoms with Gasteiger partial charge in [-0.2, -0.15) is 0 Å². The predicted octanol–water partition coefficient (Wildman–Crippen LogP) is 2.20. The summed E-state index contributed by atoms with van der Waals surface area (Å²) in [4.78, 5) is 53.3. The van der Waals surface area contributed by atoms with Gasteiger partial charge in [0.2, 0.25) is 6.29 Å². The van der Waals surface area contributed by atoms with Crippen molar-refractivity contribution in [3.05, 3.63) is 46.1 Å². The summed E-state index contributed by atoms with van der Waals surface area (Å²) in [6.07, 6.45) is -22.2. The molecule has 26 nitrogen and oxygen atoms in total. The Balaban J connectivity index is 1.02. The van der Waals surface area contributed by atoms with E-state index in [0.717, 1.165) is 0 Å². The Morgan fingerprint density at radius 2 is 1.24 bits per heavy atom. The van der Waals surface area contributed by atoms with Crippen LogP contribution in [0, 0.1) is 23.7 Å². The molecule has 26 heteroatoms. The van der Waals surface area contributed by atoms with Crippen LogP contribution in [0.15, 0.2) is 46.1 Å². The first-order chi connectivity index (χ1) is 39.9. The van der Waals surface area contributed by atoms with Crippen LogP contribution >= 0.6 is 0 Å². The molecule has 0 aromatic rings. The summed E-state index contributed by atoms with van der Waals surface area (Å²) in [6, 6.07) is 0. The zero-order valence-electron chi connectivity index (χ0n) is 50.4. The summed E-state index contributed by atoms with van der Waals surface area (Å²) in [5, 5.41) is 91.0. The standard InChI is InChI=1S/C59H88O26/c1-22(2)58(70)85-57-29(9)78-43(21-59(57,11)71)82-37-18-40(74-25(5)49(37)66)81-36-19-42(75-26(6)48(36)65)84-56-33(55(73-13)52(69)47(64)24(4)60)15-31-14-32-16-35(23(3)46(63)44(32)50(67)45(31)51(56)68)80-41-20-38(54(28(8)77-41)79-30(10)61)83-39-17-34(62)53(72-12)27(7)76-39/h14,16,22-29,31,33-34,36-43,47-49,53-57,60,62,64-68,71H,15,17-21H2,1-13H3. The van der Waals surface area contributed by atoms with Crippen molar-refractivity contribution in [2.24, 2.45) is 23.7 Å². The van der Waals surface area contributed by atoms with Gasteiger partial charge in [-0.15, -0.1) is 0 Å². The smallest absolute Gasteiger partial charge is 0.308 e. The van der Waals surface area contributed by atoms with Crippen molar-refractivity contribution >= 4 is 23.5 Å². The number of methoxy groups -OCH3 is 2. The summed E-state index contributed by atoms with van der Waals surface area (Å²) in [5.41, 5.74) is -1.60. The molecule has 0 bridgehead atoms. The molecule has 0 radical (unpaired) electrons. The lowest BCUT2D eigenvalue weighted by molar-refractivity contribution is -0.335. The second kappa shape index (κ2) is 27.4. The van der Waals surface area contributed by atoms with Crippen molar-refractivity contribution < 1.29 is 126 Å². The van der Waals surface area contributed by atoms with Gasteiger partial charge in [0.1, 0.15) is 65.6 Å². The summed E-state index contributed by atoms with van der Waals surface area (Å²) in [5.74, 6) is -7.26. The second-order valence-corrected chi connectivity index (χ2v) is 24.4. The molecular formula is C59H88O26. The molecule has 5 fully saturated rings. The molecule has 5 aliphatic heterocycles. The number of hydrogen-bond donors (Lipinski definition) is 8. The van der Waals surface area contributed by atoms with Crippen LogP contribution in [0.3, 0.4) is 0 Å². The Bertz CT molecular complexity index is 2510. The molecule has 8 aliphatic rings. The third-order valence-electron chi connectivity index (χ3n) is 17.4. The predicted molar refractivity (Wildman–Crippen MR) is 290 cm³/mol. The van der Waals surface area contributed by atoms with Crippen molar-refractivity contribution in [3.8, 4) is 0 Å². The van der Waals surface area contributed by atoms with Crippen molar-refractivity contribution in [2.45, 2.75) is 262 Å². The van der Waals surface area contributed by atoms with Crippen molar-refractivity contribution in [2.75, 3.05) is 14.2 Å². The number of rotatable bonds is 19. The number of hydrogen-bond acceptors (Lipinski definition) is 26. The number of aliphatic hydroxyl groups excluding tert-OH is 7. The van der Waals surface area contributed by atoms with E-state index >= 15 is 0 Å². The van der Waals surface area contributed by atoms with Crippen LogP contribution in [0.1, 0.15) is 115 Å². The van der Waals surface area contributed by atoms with Gasteiger partial charge in [0.25, 0.3) is 0 Å². The van der Waals surface area contributed by atoms with E-state index in [9.17, 15) is 60.0 Å². The summed E-state index contributed by atoms with van der Waals surface area (Å²) < 4.78 is 84.9. The van der Waals surface area contributed by atoms with Gasteiger partial charge >= 0.3 is 11.9 Å². The van der Waals surface area contributed by atoms with Gasteiger partial charge in [-0.3, -0.25) is 19.2 Å². The Kier molecular flexibility index (Phi) is 21.5. The van der Waals surface area contributed by atoms with Gasteiger partial charge in [0, 0.05) is 70.7 Å². The summed E-state index contributed by atoms with van der Waals surface area (Å²) in [7, 11) is 2.67. The molecule has 5 saturated heterocycles. The Labute approximate surface area is 494 Å². The van der Waals surface area contributed by atoms with E-state index in [1.54, 1.807) is 67.5 Å². The van der Waals surface area contributed by atoms with Crippen LogP contribution in [0.4, 0.5) is 0 Å². The first-order valence-corrected chi connectivity index (χ1v) is 29.4. The first-order valence-electron chi connectivity index (χ1n) is 29.4. The van der Waals surface area contributed by atoms with E-state index in [1.807, 2.05) is 0 Å². The highest BCUT2D eigenvalue weighted by Gasteiger charge is 2.54. The summed E-state index contributed by atoms with van der Waals surface area (Å²) >= 11 is 0. The normalized spacial score (nSPS) is 42.7. The summed E-state index contributed by atoms with van der Waals surface area (Å²) in [6.45, 7) is 17.1. The molecule has 8 rings (SSSR count). The molecule has 27 atom stereocenters. The topological polar surface area (TPSA) is 359 Å². The van der Waals surface area contributed by atoms with Crippen LogP contribution < -0.4 is 0 Å². The third-order valence-corrected chi connectivity index (χ3v) is 17.4. The monoisotopic (exact) mass is 1210 g/mol. The first kappa shape index (κ1) is 66.9. The number of carbonyl (C=O) groups excluding carboxylic acids is 4. The fourth-order valence-electron chi connectivity index (χ4n) is 12.9. The molecular weight excluding hydrogens is 1120 g/mol. The zero-order valence-corrected chi connectivity index (χ0v) is 50.4. The largest absolute Gasteiger partial charge is 0.509 e. The highest BCUT2D eigenvalue weighted by molar-refractivity contribution is 6.06. The minimum atomic E-state index is -1.94. The van der Waals surface area contributed by atoms with Crippen molar-refractivity contribution in [1.82, 2.24) is 0 Å². The molecule has 0 spiro atoms. The number of ketones is 2. The highest BCUT2D eigenvalue weighted by atomic mass is 16.7. The third kappa shape index (κ3) is 14.5. The maximum atomic E-state index is 14.5. The number of fused-ring (bicyclic) bond motifs is 2. The van der Waals surface area contributed by atoms with Gasteiger partial charge in [-0.05, 0) is 73.5 Å². The van der Waals surface area contributed by atoms with E-state index < -0.39 is 206 Å². The number of ether oxygens (including phenoxy) is 14. The minimum absolute atomic E-state index is 0.0191. The van der Waals surface area contributed by atoms with E-state index in [1.165, 1.54) is 35.0 Å². The molecule has 0 saturated carbocycles. The number of esters is 2. The fraction of sp³-hybridized carbons (Fsp3) is 0.797. The second-order valence-electron chi connectivity index (χ2n) is 24.4. The van der Waals surface area contributed by atoms with Gasteiger partial charge in [-0.25, -0.2) is 0 Å². The van der Waals surface area contributed by atoms with Crippen LogP contribution in [-0.2, 0) is 85.5 Å². The Morgan fingerprint density at radius 1 is 0.694 bits per heavy atom. The van der Waals surface area contributed by atoms with Crippen LogP contribution in [0.2, 0.25) is 0 Å². The van der Waals surface area contributed by atoms with E-state index in [0.29, 0.717) is 0 Å². The lowest BCUT2D eigenvalue weighted by atomic mass is 9.68. The van der Waals surface area contributed by atoms with E-state index in [2.05, 4.69) is 0 Å².